The largest absolute Gasteiger partial charge is 0.494 e. The van der Waals surface area contributed by atoms with E-state index in [2.05, 4.69) is 48.3 Å². The number of hydrogen-bond donors (Lipinski definition) is 1. The first kappa shape index (κ1) is 20.0. The number of hydrogen-bond acceptors (Lipinski definition) is 3. The molecule has 0 unspecified atom stereocenters. The molecule has 3 heteroatoms. The molecule has 0 aliphatic carbocycles. The van der Waals surface area contributed by atoms with Crippen LogP contribution < -0.4 is 10.1 Å². The van der Waals surface area contributed by atoms with Crippen LogP contribution in [0.1, 0.15) is 58.4 Å². The molecule has 0 fully saturated rings. The van der Waals surface area contributed by atoms with Gasteiger partial charge in [0.2, 0.25) is 0 Å². The van der Waals surface area contributed by atoms with Crippen LogP contribution in [0.5, 0.6) is 5.75 Å². The summed E-state index contributed by atoms with van der Waals surface area (Å²) in [5.74, 6) is 0.957. The highest BCUT2D eigenvalue weighted by atomic mass is 16.5. The molecule has 1 aromatic carbocycles. The zero-order valence-electron chi connectivity index (χ0n) is 15.4. The lowest BCUT2D eigenvalue weighted by Gasteiger charge is -2.22. The average molecular weight is 321 g/mol. The molecular formula is C20H36N2O. The summed E-state index contributed by atoms with van der Waals surface area (Å²) in [7, 11) is 0. The maximum atomic E-state index is 5.47. The van der Waals surface area contributed by atoms with Crippen molar-refractivity contribution in [2.45, 2.75) is 59.4 Å². The van der Waals surface area contributed by atoms with Crippen LogP contribution in [0.2, 0.25) is 0 Å². The van der Waals surface area contributed by atoms with Gasteiger partial charge in [0, 0.05) is 6.54 Å². The summed E-state index contributed by atoms with van der Waals surface area (Å²) in [5.41, 5.74) is 1.32. The molecule has 0 saturated heterocycles. The van der Waals surface area contributed by atoms with Crippen molar-refractivity contribution in [1.82, 2.24) is 10.2 Å². The van der Waals surface area contributed by atoms with Crippen LogP contribution in [0.4, 0.5) is 0 Å². The molecule has 132 valence electrons. The maximum Gasteiger partial charge on any atom is 0.119 e. The molecule has 0 aliphatic rings. The fourth-order valence-electron chi connectivity index (χ4n) is 2.63. The maximum absolute atomic E-state index is 5.47. The Morgan fingerprint density at radius 2 is 1.48 bits per heavy atom. The molecule has 1 rings (SSSR count). The second kappa shape index (κ2) is 13.4. The SMILES string of the molecule is CCCCN(CCCC)CCCNCc1ccc(OCC)cc1. The molecule has 0 saturated carbocycles. The minimum atomic E-state index is 0.726. The number of ether oxygens (including phenoxy) is 1. The molecule has 0 radical (unpaired) electrons. The molecule has 0 bridgehead atoms. The molecule has 3 nitrogen and oxygen atoms in total. The van der Waals surface area contributed by atoms with Crippen LogP contribution in [-0.4, -0.2) is 37.7 Å². The predicted octanol–water partition coefficient (Wildman–Crippen LogP) is 4.47. The first-order valence-electron chi connectivity index (χ1n) is 9.44. The van der Waals surface area contributed by atoms with Gasteiger partial charge in [-0.05, 0) is 70.1 Å². The molecule has 23 heavy (non-hydrogen) atoms. The Morgan fingerprint density at radius 1 is 0.870 bits per heavy atom. The van der Waals surface area contributed by atoms with Crippen LogP contribution in [0.15, 0.2) is 24.3 Å². The summed E-state index contributed by atoms with van der Waals surface area (Å²) in [4.78, 5) is 2.63. The van der Waals surface area contributed by atoms with E-state index in [0.29, 0.717) is 0 Å². The Balaban J connectivity index is 2.16. The number of nitrogens with one attached hydrogen (secondary N) is 1. The Hall–Kier alpha value is -1.06. The molecule has 0 heterocycles. The van der Waals surface area contributed by atoms with Gasteiger partial charge in [-0.15, -0.1) is 0 Å². The second-order valence-corrected chi connectivity index (χ2v) is 6.16. The number of benzene rings is 1. The van der Waals surface area contributed by atoms with E-state index in [0.717, 1.165) is 25.4 Å². The fraction of sp³-hybridized carbons (Fsp3) is 0.700. The van der Waals surface area contributed by atoms with Crippen LogP contribution in [-0.2, 0) is 6.54 Å². The highest BCUT2D eigenvalue weighted by Gasteiger charge is 2.03. The van der Waals surface area contributed by atoms with Crippen molar-refractivity contribution in [2.75, 3.05) is 32.8 Å². The van der Waals surface area contributed by atoms with E-state index in [-0.39, 0.29) is 0 Å². The summed E-state index contributed by atoms with van der Waals surface area (Å²) in [6, 6.07) is 8.40. The van der Waals surface area contributed by atoms with Crippen molar-refractivity contribution in [2.24, 2.45) is 0 Å². The van der Waals surface area contributed by atoms with Gasteiger partial charge in [-0.1, -0.05) is 38.8 Å². The lowest BCUT2D eigenvalue weighted by molar-refractivity contribution is 0.261. The smallest absolute Gasteiger partial charge is 0.119 e. The highest BCUT2D eigenvalue weighted by Crippen LogP contribution is 2.11. The van der Waals surface area contributed by atoms with Gasteiger partial charge in [-0.3, -0.25) is 0 Å². The molecule has 1 aromatic rings. The quantitative estimate of drug-likeness (QED) is 0.512. The van der Waals surface area contributed by atoms with E-state index >= 15 is 0 Å². The van der Waals surface area contributed by atoms with Crippen molar-refractivity contribution in [1.29, 1.82) is 0 Å². The van der Waals surface area contributed by atoms with Crippen molar-refractivity contribution < 1.29 is 4.74 Å². The lowest BCUT2D eigenvalue weighted by Crippen LogP contribution is -2.29. The van der Waals surface area contributed by atoms with Crippen LogP contribution >= 0.6 is 0 Å². The number of rotatable bonds is 14. The highest BCUT2D eigenvalue weighted by molar-refractivity contribution is 5.27. The minimum absolute atomic E-state index is 0.726. The topological polar surface area (TPSA) is 24.5 Å². The van der Waals surface area contributed by atoms with Gasteiger partial charge >= 0.3 is 0 Å². The monoisotopic (exact) mass is 320 g/mol. The van der Waals surface area contributed by atoms with Crippen LogP contribution in [0.25, 0.3) is 0 Å². The predicted molar refractivity (Wildman–Crippen MR) is 100 cm³/mol. The van der Waals surface area contributed by atoms with Crippen LogP contribution in [0.3, 0.4) is 0 Å². The first-order valence-corrected chi connectivity index (χ1v) is 9.44. The second-order valence-electron chi connectivity index (χ2n) is 6.16. The Bertz CT molecular complexity index is 370. The molecule has 0 aromatic heterocycles. The van der Waals surface area contributed by atoms with Gasteiger partial charge in [0.25, 0.3) is 0 Å². The summed E-state index contributed by atoms with van der Waals surface area (Å²) >= 11 is 0. The molecule has 0 amide bonds. The van der Waals surface area contributed by atoms with E-state index in [1.54, 1.807) is 0 Å². The van der Waals surface area contributed by atoms with Gasteiger partial charge in [0.1, 0.15) is 5.75 Å². The summed E-state index contributed by atoms with van der Waals surface area (Å²) in [6.45, 7) is 13.1. The summed E-state index contributed by atoms with van der Waals surface area (Å²) in [5, 5.41) is 3.55. The van der Waals surface area contributed by atoms with E-state index in [1.807, 2.05) is 6.92 Å². The standard InChI is InChI=1S/C20H36N2O/c1-4-7-15-22(16-8-5-2)17-9-14-21-18-19-10-12-20(13-11-19)23-6-3/h10-13,21H,4-9,14-18H2,1-3H3. The van der Waals surface area contributed by atoms with Gasteiger partial charge in [0.05, 0.1) is 6.61 Å². The third-order valence-electron chi connectivity index (χ3n) is 4.05. The molecular weight excluding hydrogens is 284 g/mol. The zero-order chi connectivity index (χ0) is 16.8. The lowest BCUT2D eigenvalue weighted by atomic mass is 10.2. The van der Waals surface area contributed by atoms with E-state index in [4.69, 9.17) is 4.74 Å². The number of nitrogens with zero attached hydrogens (tertiary/aromatic N) is 1. The van der Waals surface area contributed by atoms with Crippen LogP contribution in [0, 0.1) is 0 Å². The van der Waals surface area contributed by atoms with E-state index in [9.17, 15) is 0 Å². The van der Waals surface area contributed by atoms with Crippen molar-refractivity contribution >= 4 is 0 Å². The third-order valence-corrected chi connectivity index (χ3v) is 4.05. The van der Waals surface area contributed by atoms with Gasteiger partial charge in [0.15, 0.2) is 0 Å². The number of unbranched alkanes of at least 4 members (excludes halogenated alkanes) is 2. The molecule has 0 aliphatic heterocycles. The third kappa shape index (κ3) is 9.62. The zero-order valence-corrected chi connectivity index (χ0v) is 15.4. The Kier molecular flexibility index (Phi) is 11.6. The summed E-state index contributed by atoms with van der Waals surface area (Å²) < 4.78 is 5.47. The van der Waals surface area contributed by atoms with Crippen molar-refractivity contribution in [3.63, 3.8) is 0 Å². The summed E-state index contributed by atoms with van der Waals surface area (Å²) in [6.07, 6.45) is 6.45. The average Bonchev–Trinajstić information content (AvgIpc) is 2.58. The van der Waals surface area contributed by atoms with Crippen molar-refractivity contribution in [3.05, 3.63) is 29.8 Å². The normalized spacial score (nSPS) is 11.1. The Morgan fingerprint density at radius 3 is 2.04 bits per heavy atom. The van der Waals surface area contributed by atoms with E-state index in [1.165, 1.54) is 57.3 Å². The molecule has 0 spiro atoms. The van der Waals surface area contributed by atoms with Gasteiger partial charge in [-0.25, -0.2) is 0 Å². The molecule has 0 atom stereocenters. The fourth-order valence-corrected chi connectivity index (χ4v) is 2.63. The minimum Gasteiger partial charge on any atom is -0.494 e. The van der Waals surface area contributed by atoms with Crippen molar-refractivity contribution in [3.8, 4) is 5.75 Å². The van der Waals surface area contributed by atoms with Gasteiger partial charge < -0.3 is 15.0 Å². The Labute approximate surface area is 143 Å². The first-order chi connectivity index (χ1) is 11.3. The molecule has 1 N–H and O–H groups in total. The van der Waals surface area contributed by atoms with Gasteiger partial charge in [-0.2, -0.15) is 0 Å². The van der Waals surface area contributed by atoms with E-state index < -0.39 is 0 Å².